The molecular weight excluding hydrogens is 523 g/mol. The number of nitrogens with one attached hydrogen (secondary N) is 1. The average molecular weight is 558 g/mol. The van der Waals surface area contributed by atoms with E-state index in [-0.39, 0.29) is 6.04 Å². The molecule has 0 aromatic heterocycles. The first-order valence-corrected chi connectivity index (χ1v) is 13.5. The molecule has 8 nitrogen and oxygen atoms in total. The lowest BCUT2D eigenvalue weighted by Gasteiger charge is -2.33. The molecule has 2 aromatic carbocycles. The van der Waals surface area contributed by atoms with E-state index in [1.165, 1.54) is 12.5 Å². The molecule has 0 fully saturated rings. The zero-order valence-corrected chi connectivity index (χ0v) is 23.0. The number of methoxy groups -OCH3 is 1. The minimum atomic E-state index is -5.14. The van der Waals surface area contributed by atoms with E-state index in [1.54, 1.807) is 12.1 Å². The molecule has 1 N–H and O–H groups in total. The molecule has 3 aliphatic heterocycles. The van der Waals surface area contributed by atoms with Crippen LogP contribution in [-0.4, -0.2) is 60.6 Å². The molecule has 2 aromatic rings. The SMILES string of the molecule is COc1ccc(NC2CCN3N=NC(C)(OC(=O)C(F)(F)F)C3c3ccc(C4=CCN(C(C)C)CC4)cc32)cc1. The number of carbonyl (C=O) groups excluding carboxylic acids is 1. The van der Waals surface area contributed by atoms with Crippen LogP contribution in [0.5, 0.6) is 5.75 Å². The monoisotopic (exact) mass is 557 g/mol. The van der Waals surface area contributed by atoms with Gasteiger partial charge in [0.05, 0.1) is 13.2 Å². The summed E-state index contributed by atoms with van der Waals surface area (Å²) in [6.45, 7) is 7.96. The molecule has 11 heteroatoms. The van der Waals surface area contributed by atoms with Crippen molar-refractivity contribution >= 4 is 17.2 Å². The second-order valence-corrected chi connectivity index (χ2v) is 10.8. The summed E-state index contributed by atoms with van der Waals surface area (Å²) in [5, 5.41) is 13.4. The first kappa shape index (κ1) is 27.9. The first-order valence-electron chi connectivity index (χ1n) is 13.5. The molecule has 0 saturated carbocycles. The zero-order chi connectivity index (χ0) is 28.7. The summed E-state index contributed by atoms with van der Waals surface area (Å²) in [5.74, 6) is -1.55. The standard InChI is InChI=1S/C29H34F3N5O3/c1-18(2)36-14-11-19(12-15-36)20-5-10-23-24(17-20)25(33-21-6-8-22(39-4)9-7-21)13-16-37-26(23)28(3,34-35-37)40-27(38)29(30,31)32/h5-11,17-18,25-26,33H,12-16H2,1-4H3. The number of hydrogen-bond donors (Lipinski definition) is 1. The molecular formula is C29H34F3N5O3. The van der Waals surface area contributed by atoms with Gasteiger partial charge in [-0.3, -0.25) is 9.91 Å². The lowest BCUT2D eigenvalue weighted by molar-refractivity contribution is -0.215. The van der Waals surface area contributed by atoms with Crippen LogP contribution in [0.3, 0.4) is 0 Å². The van der Waals surface area contributed by atoms with Crippen molar-refractivity contribution in [3.05, 3.63) is 65.2 Å². The molecule has 0 saturated heterocycles. The van der Waals surface area contributed by atoms with Crippen LogP contribution in [0.1, 0.15) is 62.4 Å². The van der Waals surface area contributed by atoms with E-state index in [2.05, 4.69) is 46.5 Å². The van der Waals surface area contributed by atoms with Crippen LogP contribution < -0.4 is 10.1 Å². The summed E-state index contributed by atoms with van der Waals surface area (Å²) >= 11 is 0. The summed E-state index contributed by atoms with van der Waals surface area (Å²) in [7, 11) is 1.61. The van der Waals surface area contributed by atoms with Crippen LogP contribution in [0.2, 0.25) is 0 Å². The summed E-state index contributed by atoms with van der Waals surface area (Å²) in [6.07, 6.45) is -1.40. The number of anilines is 1. The molecule has 3 aliphatic rings. The van der Waals surface area contributed by atoms with Crippen molar-refractivity contribution in [2.24, 2.45) is 10.3 Å². The maximum Gasteiger partial charge on any atom is 0.491 e. The number of fused-ring (bicyclic) bond motifs is 3. The summed E-state index contributed by atoms with van der Waals surface area (Å²) in [6, 6.07) is 13.1. The van der Waals surface area contributed by atoms with Crippen molar-refractivity contribution in [1.82, 2.24) is 9.91 Å². The minimum Gasteiger partial charge on any atom is -0.497 e. The number of esters is 1. The van der Waals surface area contributed by atoms with Gasteiger partial charge >= 0.3 is 12.1 Å². The van der Waals surface area contributed by atoms with Gasteiger partial charge in [0.25, 0.3) is 0 Å². The second-order valence-electron chi connectivity index (χ2n) is 10.8. The van der Waals surface area contributed by atoms with Gasteiger partial charge < -0.3 is 14.8 Å². The number of ether oxygens (including phenoxy) is 2. The number of benzene rings is 2. The van der Waals surface area contributed by atoms with E-state index in [0.29, 0.717) is 19.0 Å². The van der Waals surface area contributed by atoms with Crippen molar-refractivity contribution in [1.29, 1.82) is 0 Å². The number of hydrogen-bond acceptors (Lipinski definition) is 8. The third-order valence-electron chi connectivity index (χ3n) is 7.87. The largest absolute Gasteiger partial charge is 0.497 e. The van der Waals surface area contributed by atoms with E-state index >= 15 is 0 Å². The fraction of sp³-hybridized carbons (Fsp3) is 0.483. The van der Waals surface area contributed by atoms with Crippen molar-refractivity contribution in [3.8, 4) is 5.75 Å². The molecule has 3 atom stereocenters. The van der Waals surface area contributed by atoms with Gasteiger partial charge in [-0.2, -0.15) is 13.2 Å². The molecule has 5 rings (SSSR count). The van der Waals surface area contributed by atoms with Gasteiger partial charge in [-0.25, -0.2) is 4.79 Å². The van der Waals surface area contributed by atoms with Gasteiger partial charge in [0, 0.05) is 38.3 Å². The normalized spacial score (nSPS) is 24.7. The summed E-state index contributed by atoms with van der Waals surface area (Å²) in [4.78, 5) is 14.3. The Morgan fingerprint density at radius 1 is 1.12 bits per heavy atom. The van der Waals surface area contributed by atoms with E-state index in [0.717, 1.165) is 47.6 Å². The Bertz CT molecular complexity index is 1310. The molecule has 0 bridgehead atoms. The topological polar surface area (TPSA) is 78.8 Å². The van der Waals surface area contributed by atoms with E-state index < -0.39 is 23.9 Å². The lowest BCUT2D eigenvalue weighted by atomic mass is 9.87. The van der Waals surface area contributed by atoms with Gasteiger partial charge in [0.1, 0.15) is 11.8 Å². The van der Waals surface area contributed by atoms with Crippen LogP contribution in [0.15, 0.2) is 58.9 Å². The number of carbonyl (C=O) groups is 1. The highest BCUT2D eigenvalue weighted by atomic mass is 19.4. The molecule has 214 valence electrons. The Kier molecular flexibility index (Phi) is 7.52. The van der Waals surface area contributed by atoms with Crippen molar-refractivity contribution in [3.63, 3.8) is 0 Å². The van der Waals surface area contributed by atoms with Gasteiger partial charge in [-0.1, -0.05) is 23.4 Å². The highest BCUT2D eigenvalue weighted by Crippen LogP contribution is 2.48. The van der Waals surface area contributed by atoms with Crippen LogP contribution in [0.4, 0.5) is 18.9 Å². The smallest absolute Gasteiger partial charge is 0.491 e. The fourth-order valence-corrected chi connectivity index (χ4v) is 5.67. The molecule has 0 spiro atoms. The zero-order valence-electron chi connectivity index (χ0n) is 23.0. The van der Waals surface area contributed by atoms with Crippen LogP contribution in [-0.2, 0) is 9.53 Å². The number of alkyl halides is 3. The van der Waals surface area contributed by atoms with Gasteiger partial charge in [-0.05, 0) is 79.3 Å². The Labute approximate surface area is 231 Å². The van der Waals surface area contributed by atoms with Crippen molar-refractivity contribution < 1.29 is 27.4 Å². The molecule has 40 heavy (non-hydrogen) atoms. The van der Waals surface area contributed by atoms with Crippen LogP contribution >= 0.6 is 0 Å². The molecule has 0 aliphatic carbocycles. The molecule has 0 radical (unpaired) electrons. The predicted octanol–water partition coefficient (Wildman–Crippen LogP) is 6.30. The number of halogens is 3. The number of rotatable bonds is 6. The highest BCUT2D eigenvalue weighted by Gasteiger charge is 2.54. The van der Waals surface area contributed by atoms with Gasteiger partial charge in [-0.15, -0.1) is 5.11 Å². The summed E-state index contributed by atoms with van der Waals surface area (Å²) in [5.41, 5.74) is 2.97. The van der Waals surface area contributed by atoms with E-state index in [4.69, 9.17) is 9.47 Å². The third-order valence-corrected chi connectivity index (χ3v) is 7.87. The first-order chi connectivity index (χ1) is 19.0. The minimum absolute atomic E-state index is 0.178. The Morgan fingerprint density at radius 2 is 1.88 bits per heavy atom. The highest BCUT2D eigenvalue weighted by molar-refractivity contribution is 5.76. The molecule has 3 unspecified atom stereocenters. The molecule has 0 amide bonds. The maximum absolute atomic E-state index is 13.2. The Morgan fingerprint density at radius 3 is 2.50 bits per heavy atom. The van der Waals surface area contributed by atoms with E-state index in [1.807, 2.05) is 36.4 Å². The quantitative estimate of drug-likeness (QED) is 0.421. The van der Waals surface area contributed by atoms with Crippen LogP contribution in [0.25, 0.3) is 5.57 Å². The number of nitrogens with zero attached hydrogens (tertiary/aromatic N) is 4. The predicted molar refractivity (Wildman–Crippen MR) is 145 cm³/mol. The van der Waals surface area contributed by atoms with Crippen LogP contribution in [0, 0.1) is 0 Å². The molecule has 3 heterocycles. The Hall–Kier alpha value is -3.60. The second kappa shape index (κ2) is 10.8. The average Bonchev–Trinajstić information content (AvgIpc) is 3.16. The lowest BCUT2D eigenvalue weighted by Crippen LogP contribution is -2.42. The van der Waals surface area contributed by atoms with E-state index in [9.17, 15) is 18.0 Å². The fourth-order valence-electron chi connectivity index (χ4n) is 5.67. The third kappa shape index (κ3) is 5.52. The van der Waals surface area contributed by atoms with Gasteiger partial charge in [0.2, 0.25) is 5.72 Å². The maximum atomic E-state index is 13.2. The summed E-state index contributed by atoms with van der Waals surface area (Å²) < 4.78 is 49.8. The van der Waals surface area contributed by atoms with Crippen molar-refractivity contribution in [2.45, 2.75) is 63.6 Å². The van der Waals surface area contributed by atoms with Crippen molar-refractivity contribution in [2.75, 3.05) is 32.1 Å². The Balaban J connectivity index is 1.54. The van der Waals surface area contributed by atoms with Gasteiger partial charge in [0.15, 0.2) is 0 Å².